The van der Waals surface area contributed by atoms with E-state index in [2.05, 4.69) is 0 Å². The van der Waals surface area contributed by atoms with Gasteiger partial charge in [0, 0.05) is 11.6 Å². The third kappa shape index (κ3) is 3.73. The minimum Gasteiger partial charge on any atom is -0.490 e. The largest absolute Gasteiger partial charge is 0.490 e. The average Bonchev–Trinajstić information content (AvgIpc) is 3.09. The maximum atomic E-state index is 13.7. The van der Waals surface area contributed by atoms with E-state index >= 15 is 0 Å². The summed E-state index contributed by atoms with van der Waals surface area (Å²) in [6, 6.07) is 21.6. The zero-order chi connectivity index (χ0) is 19.5. The van der Waals surface area contributed by atoms with Crippen molar-refractivity contribution in [2.75, 3.05) is 6.61 Å². The van der Waals surface area contributed by atoms with Crippen molar-refractivity contribution in [2.24, 2.45) is 0 Å². The summed E-state index contributed by atoms with van der Waals surface area (Å²) in [5, 5.41) is 0.636. The highest BCUT2D eigenvalue weighted by Crippen LogP contribution is 2.39. The Kier molecular flexibility index (Phi) is 5.31. The number of hydrogen-bond donors (Lipinski definition) is 0. The molecule has 0 fully saturated rings. The molecule has 1 heterocycles. The fourth-order valence-electron chi connectivity index (χ4n) is 3.61. The molecule has 1 aliphatic heterocycles. The Labute approximate surface area is 168 Å². The molecule has 1 aliphatic rings. The van der Waals surface area contributed by atoms with Gasteiger partial charge in [0.15, 0.2) is 11.6 Å². The van der Waals surface area contributed by atoms with Crippen LogP contribution >= 0.6 is 11.6 Å². The topological polar surface area (TPSA) is 29.5 Å². The van der Waals surface area contributed by atoms with Gasteiger partial charge in [0.25, 0.3) is 0 Å². The van der Waals surface area contributed by atoms with Crippen LogP contribution in [0.4, 0.5) is 4.39 Å². The van der Waals surface area contributed by atoms with Gasteiger partial charge >= 0.3 is 0 Å². The maximum absolute atomic E-state index is 13.7. The third-order valence-electron chi connectivity index (χ3n) is 4.90. The lowest BCUT2D eigenvalue weighted by atomic mass is 9.98. The smallest absolute Gasteiger partial charge is 0.227 e. The summed E-state index contributed by atoms with van der Waals surface area (Å²) < 4.78 is 19.1. The minimum absolute atomic E-state index is 0.0440. The first-order valence-electron chi connectivity index (χ1n) is 9.13. The van der Waals surface area contributed by atoms with Crippen molar-refractivity contribution in [3.05, 3.63) is 100 Å². The van der Waals surface area contributed by atoms with Crippen LogP contribution in [0, 0.1) is 5.82 Å². The fourth-order valence-corrected chi connectivity index (χ4v) is 3.81. The number of carbonyl (C=O) groups excluding carboxylic acids is 1. The Morgan fingerprint density at radius 2 is 1.86 bits per heavy atom. The minimum atomic E-state index is -0.430. The van der Waals surface area contributed by atoms with Crippen LogP contribution in [-0.2, 0) is 11.3 Å². The first-order chi connectivity index (χ1) is 13.6. The van der Waals surface area contributed by atoms with Crippen molar-refractivity contribution in [3.63, 3.8) is 0 Å². The van der Waals surface area contributed by atoms with Crippen LogP contribution in [0.15, 0.2) is 72.8 Å². The van der Waals surface area contributed by atoms with Crippen molar-refractivity contribution in [2.45, 2.75) is 19.0 Å². The van der Waals surface area contributed by atoms with Crippen LogP contribution in [-0.4, -0.2) is 17.4 Å². The Morgan fingerprint density at radius 1 is 1.07 bits per heavy atom. The summed E-state index contributed by atoms with van der Waals surface area (Å²) in [7, 11) is 0. The SMILES string of the molecule is O=C(CCOc1ccccc1F)N1Cc2ccccc2C1c1cccc(Cl)c1. The Balaban J connectivity index is 1.52. The van der Waals surface area contributed by atoms with E-state index < -0.39 is 5.82 Å². The van der Waals surface area contributed by atoms with E-state index in [4.69, 9.17) is 16.3 Å². The summed E-state index contributed by atoms with van der Waals surface area (Å²) in [6.45, 7) is 0.654. The Bertz CT molecular complexity index is 1010. The van der Waals surface area contributed by atoms with Crippen molar-refractivity contribution in [1.29, 1.82) is 0 Å². The number of ether oxygens (including phenoxy) is 1. The number of hydrogen-bond acceptors (Lipinski definition) is 2. The second-order valence-corrected chi connectivity index (χ2v) is 7.14. The van der Waals surface area contributed by atoms with Gasteiger partial charge in [-0.1, -0.05) is 60.1 Å². The molecule has 0 N–H and O–H groups in total. The molecule has 1 atom stereocenters. The predicted molar refractivity (Wildman–Crippen MR) is 107 cm³/mol. The second kappa shape index (κ2) is 8.03. The second-order valence-electron chi connectivity index (χ2n) is 6.71. The number of carbonyl (C=O) groups is 1. The quantitative estimate of drug-likeness (QED) is 0.580. The number of para-hydroxylation sites is 1. The standard InChI is InChI=1S/C23H19ClFNO2/c24-18-8-5-7-16(14-18)23-19-9-2-1-6-17(19)15-26(23)22(27)12-13-28-21-11-4-3-10-20(21)25/h1-11,14,23H,12-13,15H2. The highest BCUT2D eigenvalue weighted by molar-refractivity contribution is 6.30. The van der Waals surface area contributed by atoms with Gasteiger partial charge < -0.3 is 9.64 Å². The molecule has 0 aromatic heterocycles. The summed E-state index contributed by atoms with van der Waals surface area (Å²) in [6.07, 6.45) is 0.166. The summed E-state index contributed by atoms with van der Waals surface area (Å²) in [5.74, 6) is -0.316. The molecule has 0 aliphatic carbocycles. The van der Waals surface area contributed by atoms with Gasteiger partial charge in [0.2, 0.25) is 5.91 Å². The van der Waals surface area contributed by atoms with Crippen LogP contribution in [0.25, 0.3) is 0 Å². The zero-order valence-electron chi connectivity index (χ0n) is 15.1. The molecule has 0 saturated carbocycles. The molecule has 0 saturated heterocycles. The van der Waals surface area contributed by atoms with Crippen LogP contribution in [0.5, 0.6) is 5.75 Å². The molecule has 0 radical (unpaired) electrons. The molecule has 0 spiro atoms. The van der Waals surface area contributed by atoms with E-state index in [-0.39, 0.29) is 30.7 Å². The lowest BCUT2D eigenvalue weighted by molar-refractivity contribution is -0.133. The number of rotatable bonds is 5. The summed E-state index contributed by atoms with van der Waals surface area (Å²) in [4.78, 5) is 14.8. The van der Waals surface area contributed by atoms with Gasteiger partial charge in [-0.05, 0) is 41.0 Å². The van der Waals surface area contributed by atoms with E-state index in [1.165, 1.54) is 6.07 Å². The van der Waals surface area contributed by atoms with E-state index in [1.54, 1.807) is 18.2 Å². The van der Waals surface area contributed by atoms with Crippen LogP contribution in [0.2, 0.25) is 5.02 Å². The Hall–Kier alpha value is -2.85. The molecular formula is C23H19ClFNO2. The number of fused-ring (bicyclic) bond motifs is 1. The van der Waals surface area contributed by atoms with Crippen LogP contribution in [0.1, 0.15) is 29.2 Å². The van der Waals surface area contributed by atoms with Crippen LogP contribution < -0.4 is 4.74 Å². The average molecular weight is 396 g/mol. The van der Waals surface area contributed by atoms with Gasteiger partial charge in [0.05, 0.1) is 19.1 Å². The number of benzene rings is 3. The third-order valence-corrected chi connectivity index (χ3v) is 5.13. The first kappa shape index (κ1) is 18.5. The van der Waals surface area contributed by atoms with Crippen molar-refractivity contribution < 1.29 is 13.9 Å². The molecule has 1 unspecified atom stereocenters. The zero-order valence-corrected chi connectivity index (χ0v) is 15.9. The van der Waals surface area contributed by atoms with Crippen molar-refractivity contribution in [1.82, 2.24) is 4.90 Å². The van der Waals surface area contributed by atoms with E-state index in [0.29, 0.717) is 11.6 Å². The molecule has 3 aromatic carbocycles. The number of halogens is 2. The molecule has 5 heteroatoms. The predicted octanol–water partition coefficient (Wildman–Crippen LogP) is 5.38. The summed E-state index contributed by atoms with van der Waals surface area (Å²) >= 11 is 6.18. The van der Waals surface area contributed by atoms with Gasteiger partial charge in [-0.3, -0.25) is 4.79 Å². The molecule has 3 nitrogen and oxygen atoms in total. The van der Waals surface area contributed by atoms with Gasteiger partial charge in [-0.15, -0.1) is 0 Å². The fraction of sp³-hybridized carbons (Fsp3) is 0.174. The number of amides is 1. The van der Waals surface area contributed by atoms with Crippen molar-refractivity contribution in [3.8, 4) is 5.75 Å². The summed E-state index contributed by atoms with van der Waals surface area (Å²) in [5.41, 5.74) is 3.20. The molecule has 3 aromatic rings. The van der Waals surface area contributed by atoms with Gasteiger partial charge in [-0.25, -0.2) is 4.39 Å². The maximum Gasteiger partial charge on any atom is 0.227 e. The molecule has 28 heavy (non-hydrogen) atoms. The highest BCUT2D eigenvalue weighted by atomic mass is 35.5. The molecule has 0 bridgehead atoms. The van der Waals surface area contributed by atoms with Crippen LogP contribution in [0.3, 0.4) is 0 Å². The van der Waals surface area contributed by atoms with E-state index in [1.807, 2.05) is 53.4 Å². The molecule has 1 amide bonds. The van der Waals surface area contributed by atoms with Gasteiger partial charge in [0.1, 0.15) is 0 Å². The van der Waals surface area contributed by atoms with Gasteiger partial charge in [-0.2, -0.15) is 0 Å². The monoisotopic (exact) mass is 395 g/mol. The molecule has 142 valence electrons. The normalized spacial score (nSPS) is 15.4. The molecular weight excluding hydrogens is 377 g/mol. The first-order valence-corrected chi connectivity index (χ1v) is 9.51. The lowest BCUT2D eigenvalue weighted by Crippen LogP contribution is -2.31. The number of nitrogens with zero attached hydrogens (tertiary/aromatic N) is 1. The Morgan fingerprint density at radius 3 is 2.68 bits per heavy atom. The van der Waals surface area contributed by atoms with E-state index in [0.717, 1.165) is 16.7 Å². The molecule has 4 rings (SSSR count). The lowest BCUT2D eigenvalue weighted by Gasteiger charge is -2.26. The highest BCUT2D eigenvalue weighted by Gasteiger charge is 2.34. The van der Waals surface area contributed by atoms with Crippen molar-refractivity contribution >= 4 is 17.5 Å². The van der Waals surface area contributed by atoms with E-state index in [9.17, 15) is 9.18 Å².